The Morgan fingerprint density at radius 2 is 2.15 bits per heavy atom. The molecule has 26 heavy (non-hydrogen) atoms. The molecule has 2 aromatic heterocycles. The highest BCUT2D eigenvalue weighted by atomic mass is 16.4. The van der Waals surface area contributed by atoms with Crippen LogP contribution in [0.1, 0.15) is 24.5 Å². The number of hydrogen-bond donors (Lipinski definition) is 4. The normalized spacial score (nSPS) is 20.3. The molecule has 4 rings (SSSR count). The average molecular weight is 353 g/mol. The summed E-state index contributed by atoms with van der Waals surface area (Å²) in [6.07, 6.45) is 2.95. The van der Waals surface area contributed by atoms with Crippen LogP contribution in [-0.2, 0) is 4.79 Å². The number of carboxylic acid groups (broad SMARTS) is 1. The summed E-state index contributed by atoms with van der Waals surface area (Å²) in [6.45, 7) is 0.537. The Morgan fingerprint density at radius 1 is 1.31 bits per heavy atom. The minimum atomic E-state index is -0.826. The van der Waals surface area contributed by atoms with Gasteiger partial charge in [0.25, 0.3) is 0 Å². The minimum Gasteiger partial charge on any atom is -0.508 e. The van der Waals surface area contributed by atoms with E-state index in [0.717, 1.165) is 23.2 Å². The molecular weight excluding hydrogens is 334 g/mol. The number of phenols is 1. The summed E-state index contributed by atoms with van der Waals surface area (Å²) in [4.78, 5) is 15.8. The number of piperidine rings is 1. The van der Waals surface area contributed by atoms with Crippen LogP contribution in [0.15, 0.2) is 36.5 Å². The second-order valence-corrected chi connectivity index (χ2v) is 6.52. The second-order valence-electron chi connectivity index (χ2n) is 6.52. The number of rotatable bonds is 3. The van der Waals surface area contributed by atoms with Gasteiger partial charge in [0.05, 0.1) is 11.9 Å². The molecule has 0 radical (unpaired) electrons. The number of nitrogens with one attached hydrogen (secondary N) is 1. The van der Waals surface area contributed by atoms with Crippen LogP contribution in [0.5, 0.6) is 5.75 Å². The van der Waals surface area contributed by atoms with Gasteiger partial charge in [0, 0.05) is 24.1 Å². The molecule has 3 aromatic rings. The number of fused-ring (bicyclic) bond motifs is 1. The molecule has 5 N–H and O–H groups in total. The third-order valence-corrected chi connectivity index (χ3v) is 4.81. The molecule has 2 unspecified atom stereocenters. The van der Waals surface area contributed by atoms with E-state index < -0.39 is 12.0 Å². The smallest absolute Gasteiger partial charge is 0.320 e. The van der Waals surface area contributed by atoms with Crippen LogP contribution in [0.25, 0.3) is 16.8 Å². The highest BCUT2D eigenvalue weighted by molar-refractivity contribution is 5.78. The zero-order valence-corrected chi connectivity index (χ0v) is 14.0. The van der Waals surface area contributed by atoms with E-state index in [-0.39, 0.29) is 11.7 Å². The summed E-state index contributed by atoms with van der Waals surface area (Å²) in [5, 5.41) is 26.2. The Labute approximate surface area is 149 Å². The van der Waals surface area contributed by atoms with Gasteiger partial charge >= 0.3 is 5.97 Å². The first-order chi connectivity index (χ1) is 12.5. The van der Waals surface area contributed by atoms with Gasteiger partial charge in [-0.1, -0.05) is 12.1 Å². The topological polar surface area (TPSA) is 126 Å². The molecule has 2 atom stereocenters. The van der Waals surface area contributed by atoms with Crippen molar-refractivity contribution in [3.8, 4) is 16.9 Å². The summed E-state index contributed by atoms with van der Waals surface area (Å²) in [6, 6.07) is 8.18. The third-order valence-electron chi connectivity index (χ3n) is 4.81. The first-order valence-corrected chi connectivity index (χ1v) is 8.42. The number of nitrogen functional groups attached to an aromatic ring is 1. The molecule has 0 spiro atoms. The van der Waals surface area contributed by atoms with E-state index in [4.69, 9.17) is 15.8 Å². The SMILES string of the molecule is Nc1cc(C2CCC(C(=O)O)NC2)nc2c(-c3cccc(O)c3)cnn12. The predicted octanol–water partition coefficient (Wildman–Crippen LogP) is 1.60. The largest absolute Gasteiger partial charge is 0.508 e. The van der Waals surface area contributed by atoms with Crippen LogP contribution in [-0.4, -0.2) is 43.4 Å². The summed E-state index contributed by atoms with van der Waals surface area (Å²) in [5.74, 6) is -0.0999. The lowest BCUT2D eigenvalue weighted by molar-refractivity contribution is -0.140. The fraction of sp³-hybridized carbons (Fsp3) is 0.278. The maximum absolute atomic E-state index is 11.1. The first kappa shape index (κ1) is 16.3. The van der Waals surface area contributed by atoms with Gasteiger partial charge in [0.2, 0.25) is 0 Å². The van der Waals surface area contributed by atoms with Crippen molar-refractivity contribution in [2.45, 2.75) is 24.8 Å². The Bertz CT molecular complexity index is 976. The van der Waals surface area contributed by atoms with Gasteiger partial charge in [0.1, 0.15) is 17.6 Å². The van der Waals surface area contributed by atoms with Crippen LogP contribution in [0.2, 0.25) is 0 Å². The van der Waals surface area contributed by atoms with E-state index in [1.54, 1.807) is 35.0 Å². The monoisotopic (exact) mass is 353 g/mol. The van der Waals surface area contributed by atoms with Gasteiger partial charge in [-0.3, -0.25) is 4.79 Å². The fourth-order valence-electron chi connectivity index (χ4n) is 3.41. The van der Waals surface area contributed by atoms with Gasteiger partial charge in [-0.25, -0.2) is 4.98 Å². The van der Waals surface area contributed by atoms with Crippen LogP contribution in [0.4, 0.5) is 5.82 Å². The number of nitrogens with two attached hydrogens (primary N) is 1. The van der Waals surface area contributed by atoms with Crippen molar-refractivity contribution in [1.29, 1.82) is 0 Å². The van der Waals surface area contributed by atoms with Crippen molar-refractivity contribution in [2.24, 2.45) is 0 Å². The Kier molecular flexibility index (Phi) is 3.96. The average Bonchev–Trinajstić information content (AvgIpc) is 3.06. The Morgan fingerprint density at radius 3 is 2.85 bits per heavy atom. The van der Waals surface area contributed by atoms with E-state index in [1.807, 2.05) is 6.07 Å². The molecule has 1 aromatic carbocycles. The van der Waals surface area contributed by atoms with E-state index in [2.05, 4.69) is 10.4 Å². The van der Waals surface area contributed by atoms with Gasteiger partial charge in [0.15, 0.2) is 5.65 Å². The summed E-state index contributed by atoms with van der Waals surface area (Å²) in [5.41, 5.74) is 9.17. The van der Waals surface area contributed by atoms with Gasteiger partial charge in [-0.2, -0.15) is 9.61 Å². The number of hydrogen-bond acceptors (Lipinski definition) is 6. The van der Waals surface area contributed by atoms with Crippen molar-refractivity contribution in [1.82, 2.24) is 19.9 Å². The fourth-order valence-corrected chi connectivity index (χ4v) is 3.41. The molecule has 3 heterocycles. The molecule has 1 fully saturated rings. The lowest BCUT2D eigenvalue weighted by Crippen LogP contribution is -2.43. The molecule has 8 nitrogen and oxygen atoms in total. The van der Waals surface area contributed by atoms with Gasteiger partial charge < -0.3 is 21.3 Å². The van der Waals surface area contributed by atoms with Crippen molar-refractivity contribution >= 4 is 17.4 Å². The number of phenolic OH excluding ortho intramolecular Hbond substituents is 1. The molecule has 1 aliphatic heterocycles. The lowest BCUT2D eigenvalue weighted by atomic mass is 9.92. The van der Waals surface area contributed by atoms with Crippen LogP contribution in [0.3, 0.4) is 0 Å². The number of nitrogens with zero attached hydrogens (tertiary/aromatic N) is 3. The number of carbonyl (C=O) groups is 1. The lowest BCUT2D eigenvalue weighted by Gasteiger charge is -2.27. The number of aromatic hydroxyl groups is 1. The maximum Gasteiger partial charge on any atom is 0.320 e. The summed E-state index contributed by atoms with van der Waals surface area (Å²) < 4.78 is 1.57. The number of aliphatic carboxylic acids is 1. The predicted molar refractivity (Wildman–Crippen MR) is 95.9 cm³/mol. The minimum absolute atomic E-state index is 0.0878. The number of aromatic nitrogens is 3. The molecule has 0 aliphatic carbocycles. The number of anilines is 1. The third kappa shape index (κ3) is 2.84. The van der Waals surface area contributed by atoms with E-state index in [0.29, 0.717) is 24.4 Å². The number of benzene rings is 1. The zero-order valence-electron chi connectivity index (χ0n) is 14.0. The molecule has 1 saturated heterocycles. The molecule has 0 amide bonds. The van der Waals surface area contributed by atoms with Crippen molar-refractivity contribution in [3.63, 3.8) is 0 Å². The van der Waals surface area contributed by atoms with Crippen LogP contribution in [0, 0.1) is 0 Å². The second kappa shape index (κ2) is 6.30. The van der Waals surface area contributed by atoms with Crippen molar-refractivity contribution in [2.75, 3.05) is 12.3 Å². The summed E-state index contributed by atoms with van der Waals surface area (Å²) in [7, 11) is 0. The molecule has 8 heteroatoms. The molecule has 0 saturated carbocycles. The van der Waals surface area contributed by atoms with Crippen LogP contribution < -0.4 is 11.1 Å². The highest BCUT2D eigenvalue weighted by Crippen LogP contribution is 2.30. The molecule has 134 valence electrons. The highest BCUT2D eigenvalue weighted by Gasteiger charge is 2.27. The molecular formula is C18H19N5O3. The standard InChI is InChI=1S/C18H19N5O3/c19-16-7-15(11-4-5-14(18(25)26)20-8-11)22-17-13(9-21-23(16)17)10-2-1-3-12(24)6-10/h1-3,6-7,9,11,14,20,24H,4-5,8,19H2,(H,25,26). The quantitative estimate of drug-likeness (QED) is 0.563. The van der Waals surface area contributed by atoms with Crippen molar-refractivity contribution in [3.05, 3.63) is 42.2 Å². The van der Waals surface area contributed by atoms with E-state index in [9.17, 15) is 9.90 Å². The first-order valence-electron chi connectivity index (χ1n) is 8.42. The van der Waals surface area contributed by atoms with Gasteiger partial charge in [-0.15, -0.1) is 0 Å². The Balaban J connectivity index is 1.72. The van der Waals surface area contributed by atoms with Crippen LogP contribution >= 0.6 is 0 Å². The van der Waals surface area contributed by atoms with Crippen molar-refractivity contribution < 1.29 is 15.0 Å². The van der Waals surface area contributed by atoms with E-state index in [1.165, 1.54) is 0 Å². The maximum atomic E-state index is 11.1. The summed E-state index contributed by atoms with van der Waals surface area (Å²) >= 11 is 0. The van der Waals surface area contributed by atoms with E-state index >= 15 is 0 Å². The molecule has 0 bridgehead atoms. The zero-order chi connectivity index (χ0) is 18.3. The number of carboxylic acids is 1. The molecule has 1 aliphatic rings. The van der Waals surface area contributed by atoms with Gasteiger partial charge in [-0.05, 0) is 30.5 Å². The Hall–Kier alpha value is -3.13.